The summed E-state index contributed by atoms with van der Waals surface area (Å²) in [5.41, 5.74) is 0.637. The number of methoxy groups -OCH3 is 1. The summed E-state index contributed by atoms with van der Waals surface area (Å²) >= 11 is 1.65. The molecule has 3 aliphatic heterocycles. The number of benzene rings is 1. The number of hydrogen-bond donors (Lipinski definition) is 2. The maximum absolute atomic E-state index is 13.9. The number of anilines is 1. The summed E-state index contributed by atoms with van der Waals surface area (Å²) in [4.78, 5) is 42.4. The van der Waals surface area contributed by atoms with Crippen LogP contribution in [0.25, 0.3) is 0 Å². The standard InChI is InChI=1S/C26H36N2O6S/c1-4-34-25(32)20-19-15-16(2)26(35-19)21(20)24(31)28(13-7-5-6-8-14-29)22(26)23(30)27-17-9-11-18(33-3)12-10-17/h9-12,16,19-22,29H,4-8,13-15H2,1-3H3,(H,27,30)/t16?,19-,20+,21-,22?,26?/m0/s1. The fourth-order valence-corrected chi connectivity index (χ4v) is 8.61. The van der Waals surface area contributed by atoms with Crippen LogP contribution in [0.5, 0.6) is 5.75 Å². The van der Waals surface area contributed by atoms with Crippen molar-refractivity contribution in [1.82, 2.24) is 4.90 Å². The summed E-state index contributed by atoms with van der Waals surface area (Å²) in [7, 11) is 1.59. The van der Waals surface area contributed by atoms with Crippen LogP contribution >= 0.6 is 11.8 Å². The minimum Gasteiger partial charge on any atom is -0.497 e. The van der Waals surface area contributed by atoms with E-state index in [-0.39, 0.29) is 42.2 Å². The molecule has 3 unspecified atom stereocenters. The van der Waals surface area contributed by atoms with E-state index in [1.165, 1.54) is 0 Å². The third-order valence-corrected chi connectivity index (χ3v) is 9.79. The Morgan fingerprint density at radius 2 is 1.91 bits per heavy atom. The first kappa shape index (κ1) is 25.8. The second-order valence-corrected chi connectivity index (χ2v) is 11.2. The molecule has 192 valence electrons. The molecular weight excluding hydrogens is 468 g/mol. The Balaban J connectivity index is 1.63. The first-order chi connectivity index (χ1) is 16.9. The van der Waals surface area contributed by atoms with Gasteiger partial charge in [-0.05, 0) is 56.4 Å². The molecule has 0 saturated carbocycles. The molecule has 1 aromatic carbocycles. The van der Waals surface area contributed by atoms with E-state index >= 15 is 0 Å². The summed E-state index contributed by atoms with van der Waals surface area (Å²) < 4.78 is 9.94. The monoisotopic (exact) mass is 504 g/mol. The van der Waals surface area contributed by atoms with E-state index in [0.29, 0.717) is 18.0 Å². The van der Waals surface area contributed by atoms with Gasteiger partial charge in [0.15, 0.2) is 0 Å². The van der Waals surface area contributed by atoms with Crippen LogP contribution in [0.1, 0.15) is 46.0 Å². The highest BCUT2D eigenvalue weighted by Crippen LogP contribution is 2.68. The van der Waals surface area contributed by atoms with Crippen molar-refractivity contribution in [2.75, 3.05) is 32.2 Å². The second-order valence-electron chi connectivity index (χ2n) is 9.69. The molecule has 9 heteroatoms. The lowest BCUT2D eigenvalue weighted by atomic mass is 9.66. The zero-order valence-corrected chi connectivity index (χ0v) is 21.5. The number of rotatable bonds is 11. The lowest BCUT2D eigenvalue weighted by molar-refractivity contribution is -0.154. The Labute approximate surface area is 211 Å². The number of likely N-dealkylation sites (tertiary alicyclic amines) is 1. The van der Waals surface area contributed by atoms with Gasteiger partial charge in [0.2, 0.25) is 11.8 Å². The van der Waals surface area contributed by atoms with Gasteiger partial charge >= 0.3 is 5.97 Å². The van der Waals surface area contributed by atoms with E-state index in [1.54, 1.807) is 55.0 Å². The maximum Gasteiger partial charge on any atom is 0.310 e. The van der Waals surface area contributed by atoms with Gasteiger partial charge in [0.1, 0.15) is 11.8 Å². The molecule has 8 nitrogen and oxygen atoms in total. The van der Waals surface area contributed by atoms with Crippen molar-refractivity contribution in [2.45, 2.75) is 62.0 Å². The fourth-order valence-electron chi connectivity index (χ4n) is 6.20. The van der Waals surface area contributed by atoms with Crippen LogP contribution in [-0.2, 0) is 19.1 Å². The molecule has 3 saturated heterocycles. The number of esters is 1. The van der Waals surface area contributed by atoms with Crippen molar-refractivity contribution >= 4 is 35.2 Å². The number of carbonyl (C=O) groups is 3. The molecule has 2 N–H and O–H groups in total. The molecule has 3 heterocycles. The molecule has 1 spiro atoms. The predicted octanol–water partition coefficient (Wildman–Crippen LogP) is 3.09. The Morgan fingerprint density at radius 3 is 2.57 bits per heavy atom. The van der Waals surface area contributed by atoms with Crippen molar-refractivity contribution in [3.8, 4) is 5.75 Å². The number of fused-ring (bicyclic) bond motifs is 1. The minimum atomic E-state index is -0.663. The van der Waals surface area contributed by atoms with Crippen LogP contribution in [0.15, 0.2) is 24.3 Å². The smallest absolute Gasteiger partial charge is 0.310 e. The Morgan fingerprint density at radius 1 is 1.20 bits per heavy atom. The lowest BCUT2D eigenvalue weighted by Crippen LogP contribution is -2.54. The topological polar surface area (TPSA) is 105 Å². The quantitative estimate of drug-likeness (QED) is 0.352. The fraction of sp³-hybridized carbons (Fsp3) is 0.654. The number of hydrogen-bond acceptors (Lipinski definition) is 7. The van der Waals surface area contributed by atoms with E-state index in [2.05, 4.69) is 12.2 Å². The van der Waals surface area contributed by atoms with Gasteiger partial charge in [-0.25, -0.2) is 0 Å². The summed E-state index contributed by atoms with van der Waals surface area (Å²) in [6, 6.07) is 6.47. The largest absolute Gasteiger partial charge is 0.497 e. The van der Waals surface area contributed by atoms with Crippen molar-refractivity contribution < 1.29 is 29.0 Å². The molecule has 3 fully saturated rings. The van der Waals surface area contributed by atoms with E-state index in [0.717, 1.165) is 32.1 Å². The van der Waals surface area contributed by atoms with E-state index in [4.69, 9.17) is 14.6 Å². The number of aliphatic hydroxyl groups excluding tert-OH is 1. The molecule has 35 heavy (non-hydrogen) atoms. The predicted molar refractivity (Wildman–Crippen MR) is 134 cm³/mol. The number of unbranched alkanes of at least 4 members (excludes halogenated alkanes) is 3. The Hall–Kier alpha value is -2.26. The Bertz CT molecular complexity index is 940. The number of nitrogens with one attached hydrogen (secondary N) is 1. The third-order valence-electron chi connectivity index (χ3n) is 7.72. The molecule has 2 bridgehead atoms. The van der Waals surface area contributed by atoms with Gasteiger partial charge in [-0.15, -0.1) is 11.8 Å². The molecular formula is C26H36N2O6S. The number of thioether (sulfide) groups is 1. The molecule has 1 aromatic rings. The van der Waals surface area contributed by atoms with Crippen LogP contribution < -0.4 is 10.1 Å². The van der Waals surface area contributed by atoms with Gasteiger partial charge in [-0.1, -0.05) is 19.8 Å². The van der Waals surface area contributed by atoms with Crippen molar-refractivity contribution in [1.29, 1.82) is 0 Å². The number of ether oxygens (including phenoxy) is 2. The summed E-state index contributed by atoms with van der Waals surface area (Å²) in [5, 5.41) is 12.1. The molecule has 0 aliphatic carbocycles. The van der Waals surface area contributed by atoms with Crippen LogP contribution in [0, 0.1) is 17.8 Å². The van der Waals surface area contributed by atoms with Crippen LogP contribution in [0.3, 0.4) is 0 Å². The Kier molecular flexibility index (Phi) is 7.96. The highest BCUT2D eigenvalue weighted by molar-refractivity contribution is 8.02. The molecule has 2 amide bonds. The zero-order chi connectivity index (χ0) is 25.2. The maximum atomic E-state index is 13.9. The molecule has 0 aromatic heterocycles. The first-order valence-corrected chi connectivity index (χ1v) is 13.5. The first-order valence-electron chi connectivity index (χ1n) is 12.6. The minimum absolute atomic E-state index is 0.0130. The lowest BCUT2D eigenvalue weighted by Gasteiger charge is -2.38. The molecule has 0 radical (unpaired) electrons. The highest BCUT2D eigenvalue weighted by atomic mass is 32.2. The number of aliphatic hydroxyl groups is 1. The molecule has 3 aliphatic rings. The van der Waals surface area contributed by atoms with Gasteiger partial charge < -0.3 is 24.8 Å². The third kappa shape index (κ3) is 4.53. The summed E-state index contributed by atoms with van der Waals surface area (Å²) in [6.07, 6.45) is 3.99. The molecule has 4 rings (SSSR count). The van der Waals surface area contributed by atoms with Gasteiger partial charge in [0, 0.05) is 24.1 Å². The van der Waals surface area contributed by atoms with Crippen LogP contribution in [-0.4, -0.2) is 70.7 Å². The van der Waals surface area contributed by atoms with Gasteiger partial charge in [0.25, 0.3) is 0 Å². The van der Waals surface area contributed by atoms with Gasteiger partial charge in [0.05, 0.1) is 30.3 Å². The van der Waals surface area contributed by atoms with E-state index < -0.39 is 22.6 Å². The normalized spacial score (nSPS) is 30.9. The van der Waals surface area contributed by atoms with E-state index in [1.807, 2.05) is 0 Å². The SMILES string of the molecule is CCOC(=O)[C@@H]1[C@@H]2CC(C)C3(S2)C(C(=O)Nc2ccc(OC)cc2)N(CCCCCCO)C(=O)[C@H]13. The average molecular weight is 505 g/mol. The second kappa shape index (κ2) is 10.8. The van der Waals surface area contributed by atoms with Crippen molar-refractivity contribution in [2.24, 2.45) is 17.8 Å². The summed E-state index contributed by atoms with van der Waals surface area (Å²) in [5.74, 6) is -0.909. The average Bonchev–Trinajstić information content (AvgIpc) is 3.43. The van der Waals surface area contributed by atoms with Crippen LogP contribution in [0.4, 0.5) is 5.69 Å². The highest BCUT2D eigenvalue weighted by Gasteiger charge is 2.76. The summed E-state index contributed by atoms with van der Waals surface area (Å²) in [6.45, 7) is 4.75. The number of amides is 2. The molecule has 6 atom stereocenters. The van der Waals surface area contributed by atoms with Gasteiger partial charge in [-0.3, -0.25) is 14.4 Å². The van der Waals surface area contributed by atoms with Crippen molar-refractivity contribution in [3.63, 3.8) is 0 Å². The van der Waals surface area contributed by atoms with Gasteiger partial charge in [-0.2, -0.15) is 0 Å². The number of nitrogens with zero attached hydrogens (tertiary/aromatic N) is 1. The number of carbonyl (C=O) groups excluding carboxylic acids is 3. The van der Waals surface area contributed by atoms with Crippen molar-refractivity contribution in [3.05, 3.63) is 24.3 Å². The zero-order valence-electron chi connectivity index (χ0n) is 20.7. The van der Waals surface area contributed by atoms with Crippen LogP contribution in [0.2, 0.25) is 0 Å². The van der Waals surface area contributed by atoms with E-state index in [9.17, 15) is 14.4 Å².